The number of carbonyl (C=O) groups excluding carboxylic acids is 1. The summed E-state index contributed by atoms with van der Waals surface area (Å²) < 4.78 is 10.1. The molecular formula is C14H15N3O3. The van der Waals surface area contributed by atoms with E-state index in [-0.39, 0.29) is 5.69 Å². The van der Waals surface area contributed by atoms with Crippen LogP contribution in [0, 0.1) is 0 Å². The molecule has 1 heterocycles. The molecule has 1 aromatic carbocycles. The maximum Gasteiger partial charge on any atom is 0.358 e. The number of methoxy groups -OCH3 is 1. The maximum atomic E-state index is 11.2. The molecule has 0 saturated carbocycles. The van der Waals surface area contributed by atoms with Gasteiger partial charge in [0.15, 0.2) is 5.69 Å². The molecule has 2 rings (SSSR count). The van der Waals surface area contributed by atoms with E-state index in [0.29, 0.717) is 19.0 Å². The van der Waals surface area contributed by atoms with E-state index in [4.69, 9.17) is 4.74 Å². The molecule has 2 aromatic rings. The summed E-state index contributed by atoms with van der Waals surface area (Å²) in [5.74, 6) is 0.896. The van der Waals surface area contributed by atoms with Crippen molar-refractivity contribution in [1.29, 1.82) is 0 Å². The van der Waals surface area contributed by atoms with Gasteiger partial charge < -0.3 is 14.8 Å². The molecule has 1 aromatic heterocycles. The van der Waals surface area contributed by atoms with E-state index in [1.165, 1.54) is 7.11 Å². The Labute approximate surface area is 116 Å². The SMILES string of the molecule is COC(=O)c1ccc(NCCOc2ccccc2)nn1. The standard InChI is InChI=1S/C14H15N3O3/c1-19-14(18)12-7-8-13(17-16-12)15-9-10-20-11-5-3-2-4-6-11/h2-8H,9-10H2,1H3,(H,15,17). The molecule has 0 radical (unpaired) electrons. The number of hydrogen-bond acceptors (Lipinski definition) is 6. The first kappa shape index (κ1) is 13.8. The van der Waals surface area contributed by atoms with E-state index in [2.05, 4.69) is 20.3 Å². The zero-order valence-electron chi connectivity index (χ0n) is 11.1. The number of aromatic nitrogens is 2. The van der Waals surface area contributed by atoms with Crippen molar-refractivity contribution >= 4 is 11.8 Å². The van der Waals surface area contributed by atoms with E-state index < -0.39 is 5.97 Å². The summed E-state index contributed by atoms with van der Waals surface area (Å²) in [6, 6.07) is 12.8. The summed E-state index contributed by atoms with van der Waals surface area (Å²) in [5.41, 5.74) is 0.179. The predicted molar refractivity (Wildman–Crippen MR) is 73.8 cm³/mol. The van der Waals surface area contributed by atoms with Gasteiger partial charge in [0.2, 0.25) is 0 Å². The van der Waals surface area contributed by atoms with Gasteiger partial charge >= 0.3 is 5.97 Å². The smallest absolute Gasteiger partial charge is 0.358 e. The molecule has 0 fully saturated rings. The molecule has 0 atom stereocenters. The van der Waals surface area contributed by atoms with Gasteiger partial charge in [0.1, 0.15) is 18.2 Å². The lowest BCUT2D eigenvalue weighted by Crippen LogP contribution is -2.13. The molecule has 0 bridgehead atoms. The first-order chi connectivity index (χ1) is 9.79. The molecule has 1 N–H and O–H groups in total. The summed E-state index contributed by atoms with van der Waals surface area (Å²) in [6.45, 7) is 1.09. The Morgan fingerprint density at radius 1 is 1.15 bits per heavy atom. The third kappa shape index (κ3) is 3.94. The van der Waals surface area contributed by atoms with Gasteiger partial charge in [0.05, 0.1) is 13.7 Å². The molecule has 0 aliphatic rings. The van der Waals surface area contributed by atoms with E-state index in [9.17, 15) is 4.79 Å². The highest BCUT2D eigenvalue weighted by Crippen LogP contribution is 2.08. The minimum atomic E-state index is -0.503. The summed E-state index contributed by atoms with van der Waals surface area (Å²) in [6.07, 6.45) is 0. The first-order valence-electron chi connectivity index (χ1n) is 6.13. The number of anilines is 1. The Balaban J connectivity index is 1.75. The third-order valence-corrected chi connectivity index (χ3v) is 2.48. The topological polar surface area (TPSA) is 73.3 Å². The van der Waals surface area contributed by atoms with Crippen LogP contribution in [0.1, 0.15) is 10.5 Å². The number of nitrogens with zero attached hydrogens (tertiary/aromatic N) is 2. The van der Waals surface area contributed by atoms with Crippen LogP contribution < -0.4 is 10.1 Å². The average Bonchev–Trinajstić information content (AvgIpc) is 2.52. The van der Waals surface area contributed by atoms with Gasteiger partial charge in [-0.15, -0.1) is 10.2 Å². The zero-order chi connectivity index (χ0) is 14.2. The summed E-state index contributed by atoms with van der Waals surface area (Å²) >= 11 is 0. The zero-order valence-corrected chi connectivity index (χ0v) is 11.1. The molecule has 0 spiro atoms. The van der Waals surface area contributed by atoms with Crippen molar-refractivity contribution in [3.05, 3.63) is 48.2 Å². The van der Waals surface area contributed by atoms with Crippen LogP contribution in [0.4, 0.5) is 5.82 Å². The lowest BCUT2D eigenvalue weighted by Gasteiger charge is -2.07. The van der Waals surface area contributed by atoms with Crippen LogP contribution in [-0.4, -0.2) is 36.4 Å². The van der Waals surface area contributed by atoms with Crippen molar-refractivity contribution in [2.45, 2.75) is 0 Å². The average molecular weight is 273 g/mol. The highest BCUT2D eigenvalue weighted by molar-refractivity contribution is 5.86. The molecule has 0 aliphatic heterocycles. The quantitative estimate of drug-likeness (QED) is 0.638. The maximum absolute atomic E-state index is 11.2. The second kappa shape index (κ2) is 7.08. The molecule has 0 aliphatic carbocycles. The van der Waals surface area contributed by atoms with Crippen LogP contribution in [-0.2, 0) is 4.74 Å². The largest absolute Gasteiger partial charge is 0.492 e. The van der Waals surface area contributed by atoms with Crippen molar-refractivity contribution in [2.75, 3.05) is 25.6 Å². The van der Waals surface area contributed by atoms with E-state index in [0.717, 1.165) is 5.75 Å². The van der Waals surface area contributed by atoms with Crippen LogP contribution in [0.25, 0.3) is 0 Å². The van der Waals surface area contributed by atoms with Crippen molar-refractivity contribution in [1.82, 2.24) is 10.2 Å². The van der Waals surface area contributed by atoms with Gasteiger partial charge in [0.25, 0.3) is 0 Å². The number of rotatable bonds is 6. The fourth-order valence-corrected chi connectivity index (χ4v) is 1.50. The van der Waals surface area contributed by atoms with Gasteiger partial charge in [-0.25, -0.2) is 4.79 Å². The van der Waals surface area contributed by atoms with Crippen molar-refractivity contribution in [2.24, 2.45) is 0 Å². The Morgan fingerprint density at radius 3 is 2.60 bits per heavy atom. The number of benzene rings is 1. The molecule has 0 amide bonds. The lowest BCUT2D eigenvalue weighted by molar-refractivity contribution is 0.0593. The number of hydrogen-bond donors (Lipinski definition) is 1. The number of esters is 1. The van der Waals surface area contributed by atoms with Gasteiger partial charge in [-0.1, -0.05) is 18.2 Å². The Bertz CT molecular complexity index is 543. The van der Waals surface area contributed by atoms with Crippen LogP contribution >= 0.6 is 0 Å². The number of para-hydroxylation sites is 1. The van der Waals surface area contributed by atoms with Crippen LogP contribution in [0.2, 0.25) is 0 Å². The van der Waals surface area contributed by atoms with Crippen molar-refractivity contribution in [3.63, 3.8) is 0 Å². The molecule has 0 unspecified atom stereocenters. The second-order valence-corrected chi connectivity index (χ2v) is 3.88. The second-order valence-electron chi connectivity index (χ2n) is 3.88. The van der Waals surface area contributed by atoms with E-state index in [1.807, 2.05) is 30.3 Å². The van der Waals surface area contributed by atoms with Crippen LogP contribution in [0.15, 0.2) is 42.5 Å². The van der Waals surface area contributed by atoms with Gasteiger partial charge in [0, 0.05) is 0 Å². The monoisotopic (exact) mass is 273 g/mol. The Kier molecular flexibility index (Phi) is 4.88. The molecule has 6 nitrogen and oxygen atoms in total. The van der Waals surface area contributed by atoms with Gasteiger partial charge in [-0.05, 0) is 24.3 Å². The van der Waals surface area contributed by atoms with Gasteiger partial charge in [-0.2, -0.15) is 0 Å². The fourth-order valence-electron chi connectivity index (χ4n) is 1.50. The Morgan fingerprint density at radius 2 is 1.95 bits per heavy atom. The third-order valence-electron chi connectivity index (χ3n) is 2.48. The van der Waals surface area contributed by atoms with Gasteiger partial charge in [-0.3, -0.25) is 0 Å². The highest BCUT2D eigenvalue weighted by Gasteiger charge is 2.07. The predicted octanol–water partition coefficient (Wildman–Crippen LogP) is 1.75. The fraction of sp³-hybridized carbons (Fsp3) is 0.214. The van der Waals surface area contributed by atoms with E-state index >= 15 is 0 Å². The minimum Gasteiger partial charge on any atom is -0.492 e. The van der Waals surface area contributed by atoms with Crippen molar-refractivity contribution in [3.8, 4) is 5.75 Å². The molecule has 104 valence electrons. The molecule has 6 heteroatoms. The highest BCUT2D eigenvalue weighted by atomic mass is 16.5. The Hall–Kier alpha value is -2.63. The summed E-state index contributed by atoms with van der Waals surface area (Å²) in [4.78, 5) is 11.2. The lowest BCUT2D eigenvalue weighted by atomic mass is 10.3. The summed E-state index contributed by atoms with van der Waals surface area (Å²) in [5, 5.41) is 10.7. The first-order valence-corrected chi connectivity index (χ1v) is 6.13. The summed E-state index contributed by atoms with van der Waals surface area (Å²) in [7, 11) is 1.30. The normalized spacial score (nSPS) is 9.85. The molecule has 20 heavy (non-hydrogen) atoms. The number of carbonyl (C=O) groups is 1. The van der Waals surface area contributed by atoms with Crippen molar-refractivity contribution < 1.29 is 14.3 Å². The van der Waals surface area contributed by atoms with Crippen LogP contribution in [0.3, 0.4) is 0 Å². The number of ether oxygens (including phenoxy) is 2. The van der Waals surface area contributed by atoms with E-state index in [1.54, 1.807) is 12.1 Å². The van der Waals surface area contributed by atoms with Crippen LogP contribution in [0.5, 0.6) is 5.75 Å². The molecule has 0 saturated heterocycles. The number of nitrogens with one attached hydrogen (secondary N) is 1. The minimum absolute atomic E-state index is 0.179. The molecular weight excluding hydrogens is 258 g/mol.